The zero-order chi connectivity index (χ0) is 14.9. The van der Waals surface area contributed by atoms with Gasteiger partial charge in [0.15, 0.2) is 0 Å². The summed E-state index contributed by atoms with van der Waals surface area (Å²) in [6.45, 7) is 11.5. The van der Waals surface area contributed by atoms with Crippen LogP contribution in [0.15, 0.2) is 30.3 Å². The molecule has 1 aliphatic rings. The predicted octanol–water partition coefficient (Wildman–Crippen LogP) is 4.48. The standard InChI is InChI=1S/C18H29NO/c1-13(18(3,4)5)12-16-19(6)14(2)17(20-16)15-10-8-7-9-11-15/h7-11,13-14,16-17H,12H2,1-6H3/t13-,14+,16+,17+/m1/s1. The van der Waals surface area contributed by atoms with Crippen LogP contribution in [0.5, 0.6) is 0 Å². The SMILES string of the molecule is C[C@H](C[C@@H]1O[C@H](c2ccccc2)[C@H](C)N1C)C(C)(C)C. The lowest BCUT2D eigenvalue weighted by Gasteiger charge is -2.31. The Hall–Kier alpha value is -0.860. The van der Waals surface area contributed by atoms with Gasteiger partial charge < -0.3 is 4.74 Å². The van der Waals surface area contributed by atoms with Crippen molar-refractivity contribution in [2.45, 2.75) is 59.4 Å². The Labute approximate surface area is 124 Å². The Morgan fingerprint density at radius 2 is 1.80 bits per heavy atom. The number of hydrogen-bond donors (Lipinski definition) is 0. The summed E-state index contributed by atoms with van der Waals surface area (Å²) in [5.74, 6) is 0.636. The summed E-state index contributed by atoms with van der Waals surface area (Å²) in [6, 6.07) is 11.0. The Morgan fingerprint density at radius 1 is 1.20 bits per heavy atom. The van der Waals surface area contributed by atoms with Gasteiger partial charge >= 0.3 is 0 Å². The van der Waals surface area contributed by atoms with E-state index in [9.17, 15) is 0 Å². The second kappa shape index (κ2) is 5.87. The van der Waals surface area contributed by atoms with Gasteiger partial charge in [-0.1, -0.05) is 58.0 Å². The van der Waals surface area contributed by atoms with Crippen LogP contribution in [0.1, 0.15) is 52.7 Å². The van der Waals surface area contributed by atoms with Crippen molar-refractivity contribution < 1.29 is 4.74 Å². The molecule has 4 atom stereocenters. The first kappa shape index (κ1) is 15.5. The molecular formula is C18H29NO. The van der Waals surface area contributed by atoms with Crippen molar-refractivity contribution in [3.05, 3.63) is 35.9 Å². The van der Waals surface area contributed by atoms with Crippen LogP contribution < -0.4 is 0 Å². The van der Waals surface area contributed by atoms with Crippen molar-refractivity contribution in [1.29, 1.82) is 0 Å². The molecule has 0 N–H and O–H groups in total. The van der Waals surface area contributed by atoms with Crippen LogP contribution in [0.2, 0.25) is 0 Å². The molecule has 1 fully saturated rings. The fourth-order valence-electron chi connectivity index (χ4n) is 2.73. The van der Waals surface area contributed by atoms with Crippen molar-refractivity contribution in [3.63, 3.8) is 0 Å². The molecule has 0 aromatic heterocycles. The van der Waals surface area contributed by atoms with E-state index >= 15 is 0 Å². The van der Waals surface area contributed by atoms with Crippen molar-refractivity contribution in [1.82, 2.24) is 4.90 Å². The molecule has 1 aromatic rings. The minimum absolute atomic E-state index is 0.193. The molecule has 20 heavy (non-hydrogen) atoms. The van der Waals surface area contributed by atoms with Gasteiger partial charge in [0.25, 0.3) is 0 Å². The van der Waals surface area contributed by atoms with E-state index in [1.807, 2.05) is 0 Å². The predicted molar refractivity (Wildman–Crippen MR) is 84.5 cm³/mol. The highest BCUT2D eigenvalue weighted by Crippen LogP contribution is 2.38. The minimum Gasteiger partial charge on any atom is -0.354 e. The van der Waals surface area contributed by atoms with E-state index in [0.29, 0.717) is 17.4 Å². The normalized spacial score (nSPS) is 29.6. The molecule has 1 aromatic carbocycles. The molecular weight excluding hydrogens is 246 g/mol. The van der Waals surface area contributed by atoms with Gasteiger partial charge in [-0.3, -0.25) is 4.90 Å². The molecule has 0 radical (unpaired) electrons. The molecule has 0 amide bonds. The lowest BCUT2D eigenvalue weighted by Crippen LogP contribution is -2.34. The van der Waals surface area contributed by atoms with Crippen LogP contribution in [0.4, 0.5) is 0 Å². The average Bonchev–Trinajstić information content (AvgIpc) is 2.67. The summed E-state index contributed by atoms with van der Waals surface area (Å²) in [4.78, 5) is 2.39. The molecule has 112 valence electrons. The monoisotopic (exact) mass is 275 g/mol. The van der Waals surface area contributed by atoms with Crippen molar-refractivity contribution in [2.75, 3.05) is 7.05 Å². The Kier molecular flexibility index (Phi) is 4.55. The third kappa shape index (κ3) is 3.24. The fourth-order valence-corrected chi connectivity index (χ4v) is 2.73. The van der Waals surface area contributed by atoms with Gasteiger partial charge in [-0.2, -0.15) is 0 Å². The number of rotatable bonds is 3. The Balaban J connectivity index is 2.08. The van der Waals surface area contributed by atoms with Gasteiger partial charge in [0, 0.05) is 6.04 Å². The number of nitrogens with zero attached hydrogens (tertiary/aromatic N) is 1. The average molecular weight is 275 g/mol. The van der Waals surface area contributed by atoms with Gasteiger partial charge in [-0.05, 0) is 37.3 Å². The van der Waals surface area contributed by atoms with E-state index in [-0.39, 0.29) is 12.3 Å². The van der Waals surface area contributed by atoms with E-state index < -0.39 is 0 Å². The van der Waals surface area contributed by atoms with Crippen LogP contribution in [0.25, 0.3) is 0 Å². The molecule has 2 rings (SSSR count). The largest absolute Gasteiger partial charge is 0.354 e. The Morgan fingerprint density at radius 3 is 2.35 bits per heavy atom. The summed E-state index contributed by atoms with van der Waals surface area (Å²) in [6.07, 6.45) is 1.51. The molecule has 2 heteroatoms. The maximum absolute atomic E-state index is 6.36. The molecule has 0 unspecified atom stereocenters. The number of likely N-dealkylation sites (N-methyl/N-ethyl adjacent to an activating group) is 1. The maximum atomic E-state index is 6.36. The van der Waals surface area contributed by atoms with Gasteiger partial charge in [0.05, 0.1) is 6.10 Å². The summed E-state index contributed by atoms with van der Waals surface area (Å²) in [7, 11) is 2.19. The second-order valence-corrected chi connectivity index (χ2v) is 7.33. The number of benzene rings is 1. The molecule has 0 aliphatic carbocycles. The third-order valence-corrected chi connectivity index (χ3v) is 5.00. The highest BCUT2D eigenvalue weighted by Gasteiger charge is 2.39. The first-order valence-corrected chi connectivity index (χ1v) is 7.73. The van der Waals surface area contributed by atoms with E-state index in [1.54, 1.807) is 0 Å². The quantitative estimate of drug-likeness (QED) is 0.806. The van der Waals surface area contributed by atoms with Crippen LogP contribution >= 0.6 is 0 Å². The zero-order valence-electron chi connectivity index (χ0n) is 13.8. The molecule has 0 saturated carbocycles. The summed E-state index contributed by atoms with van der Waals surface area (Å²) >= 11 is 0. The molecule has 1 heterocycles. The van der Waals surface area contributed by atoms with Gasteiger partial charge in [-0.25, -0.2) is 0 Å². The summed E-state index contributed by atoms with van der Waals surface area (Å²) < 4.78 is 6.36. The summed E-state index contributed by atoms with van der Waals surface area (Å²) in [5.41, 5.74) is 1.62. The van der Waals surface area contributed by atoms with Gasteiger partial charge in [0.1, 0.15) is 6.23 Å². The summed E-state index contributed by atoms with van der Waals surface area (Å²) in [5, 5.41) is 0. The van der Waals surface area contributed by atoms with Crippen LogP contribution in [0, 0.1) is 11.3 Å². The minimum atomic E-state index is 0.193. The highest BCUT2D eigenvalue weighted by atomic mass is 16.5. The second-order valence-electron chi connectivity index (χ2n) is 7.33. The first-order valence-electron chi connectivity index (χ1n) is 7.73. The topological polar surface area (TPSA) is 12.5 Å². The van der Waals surface area contributed by atoms with E-state index in [4.69, 9.17) is 4.74 Å². The van der Waals surface area contributed by atoms with Gasteiger partial charge in [0.2, 0.25) is 0 Å². The number of ether oxygens (including phenoxy) is 1. The van der Waals surface area contributed by atoms with Crippen LogP contribution in [-0.4, -0.2) is 24.2 Å². The van der Waals surface area contributed by atoms with Crippen LogP contribution in [0.3, 0.4) is 0 Å². The molecule has 1 saturated heterocycles. The maximum Gasteiger partial charge on any atom is 0.111 e. The van der Waals surface area contributed by atoms with Gasteiger partial charge in [-0.15, -0.1) is 0 Å². The van der Waals surface area contributed by atoms with Crippen LogP contribution in [-0.2, 0) is 4.74 Å². The van der Waals surface area contributed by atoms with E-state index in [1.165, 1.54) is 5.56 Å². The lowest BCUT2D eigenvalue weighted by atomic mass is 9.80. The fraction of sp³-hybridized carbons (Fsp3) is 0.667. The third-order valence-electron chi connectivity index (χ3n) is 5.00. The van der Waals surface area contributed by atoms with Crippen molar-refractivity contribution in [2.24, 2.45) is 11.3 Å². The van der Waals surface area contributed by atoms with E-state index in [0.717, 1.165) is 6.42 Å². The van der Waals surface area contributed by atoms with Crippen molar-refractivity contribution >= 4 is 0 Å². The number of hydrogen-bond acceptors (Lipinski definition) is 2. The lowest BCUT2D eigenvalue weighted by molar-refractivity contribution is -0.0179. The smallest absolute Gasteiger partial charge is 0.111 e. The zero-order valence-corrected chi connectivity index (χ0v) is 13.8. The molecule has 1 aliphatic heterocycles. The molecule has 0 bridgehead atoms. The molecule has 0 spiro atoms. The highest BCUT2D eigenvalue weighted by molar-refractivity contribution is 5.20. The molecule has 2 nitrogen and oxygen atoms in total. The van der Waals surface area contributed by atoms with E-state index in [2.05, 4.69) is 76.9 Å². The first-order chi connectivity index (χ1) is 9.30. The Bertz CT molecular complexity index is 423. The van der Waals surface area contributed by atoms with Crippen molar-refractivity contribution in [3.8, 4) is 0 Å².